The van der Waals surface area contributed by atoms with Crippen molar-refractivity contribution in [2.24, 2.45) is 0 Å². The molecule has 124 valence electrons. The van der Waals surface area contributed by atoms with Crippen LogP contribution in [0.2, 0.25) is 0 Å². The molecule has 0 saturated carbocycles. The van der Waals surface area contributed by atoms with E-state index in [0.29, 0.717) is 5.49 Å². The van der Waals surface area contributed by atoms with Gasteiger partial charge in [0.15, 0.2) is 0 Å². The molecule has 0 aromatic heterocycles. The van der Waals surface area contributed by atoms with E-state index in [1.807, 2.05) is 30.3 Å². The van der Waals surface area contributed by atoms with Gasteiger partial charge in [-0.3, -0.25) is 4.21 Å². The van der Waals surface area contributed by atoms with E-state index in [-0.39, 0.29) is 34.2 Å². The summed E-state index contributed by atoms with van der Waals surface area (Å²) in [6, 6.07) is 9.60. The quantitative estimate of drug-likeness (QED) is 0.386. The van der Waals surface area contributed by atoms with Crippen LogP contribution in [0, 0.1) is 7.43 Å². The maximum Gasteiger partial charge on any atom is 2.00 e. The van der Waals surface area contributed by atoms with Gasteiger partial charge in [-0.1, -0.05) is 30.3 Å². The van der Waals surface area contributed by atoms with Crippen LogP contribution in [0.1, 0.15) is 41.5 Å². The monoisotopic (exact) mass is 372 g/mol. The molecule has 0 radical (unpaired) electrons. The Labute approximate surface area is 145 Å². The zero-order valence-electron chi connectivity index (χ0n) is 14.2. The Morgan fingerprint density at radius 3 is 1.81 bits per heavy atom. The summed E-state index contributed by atoms with van der Waals surface area (Å²) in [5.41, 5.74) is 1.53. The summed E-state index contributed by atoms with van der Waals surface area (Å²) in [7, 11) is -1.91. The first kappa shape index (κ1) is 23.4. The third kappa shape index (κ3) is 8.33. The van der Waals surface area contributed by atoms with Crippen LogP contribution in [-0.2, 0) is 27.5 Å². The van der Waals surface area contributed by atoms with Gasteiger partial charge in [0.05, 0.1) is 10.3 Å². The van der Waals surface area contributed by atoms with E-state index in [9.17, 15) is 4.21 Å². The largest absolute Gasteiger partial charge is 2.00 e. The van der Waals surface area contributed by atoms with Crippen LogP contribution < -0.4 is 0 Å². The van der Waals surface area contributed by atoms with Gasteiger partial charge in [-0.15, -0.1) is 5.69 Å². The topological polar surface area (TPSA) is 31.2 Å². The van der Waals surface area contributed by atoms with E-state index >= 15 is 0 Å². The summed E-state index contributed by atoms with van der Waals surface area (Å²) in [5, 5.41) is 0.454. The first-order chi connectivity index (χ1) is 8.60. The zero-order valence-corrected chi connectivity index (χ0v) is 17.0. The molecule has 0 aliphatic heterocycles. The predicted molar refractivity (Wildman–Crippen MR) is 96.7 cm³/mol. The summed E-state index contributed by atoms with van der Waals surface area (Å²) in [5.74, 6) is 0. The Bertz CT molecular complexity index is 412. The SMILES string of the molecule is CC(C)(C)[PH+](CS(=O)[N-]c1ccccc1)C(C)(C)C.[CH3-].[Ni+2]. The van der Waals surface area contributed by atoms with Gasteiger partial charge >= 0.3 is 16.5 Å². The Morgan fingerprint density at radius 2 is 1.43 bits per heavy atom. The Hall–Kier alpha value is 0.0935. The van der Waals surface area contributed by atoms with Crippen LogP contribution in [0.3, 0.4) is 0 Å². The van der Waals surface area contributed by atoms with E-state index in [4.69, 9.17) is 0 Å². The van der Waals surface area contributed by atoms with Crippen LogP contribution >= 0.6 is 7.92 Å². The summed E-state index contributed by atoms with van der Waals surface area (Å²) >= 11 is 0. The minimum Gasteiger partial charge on any atom is -0.600 e. The van der Waals surface area contributed by atoms with Crippen LogP contribution in [0.25, 0.3) is 4.72 Å². The molecule has 0 fully saturated rings. The Morgan fingerprint density at radius 1 is 1.00 bits per heavy atom. The van der Waals surface area contributed by atoms with Crippen LogP contribution in [0.5, 0.6) is 0 Å². The zero-order chi connectivity index (χ0) is 14.7. The summed E-state index contributed by atoms with van der Waals surface area (Å²) in [6.45, 7) is 13.5. The van der Waals surface area contributed by atoms with Crippen molar-refractivity contribution in [3.63, 3.8) is 0 Å². The molecular formula is C16H29NNiOPS+. The smallest absolute Gasteiger partial charge is 0.600 e. The predicted octanol–water partition coefficient (Wildman–Crippen LogP) is 5.57. The van der Waals surface area contributed by atoms with Crippen LogP contribution in [0.4, 0.5) is 5.69 Å². The molecule has 0 aliphatic rings. The van der Waals surface area contributed by atoms with Gasteiger partial charge in [0, 0.05) is 7.92 Å². The number of benzene rings is 1. The average molecular weight is 373 g/mol. The first-order valence-electron chi connectivity index (χ1n) is 6.63. The van der Waals surface area contributed by atoms with Gasteiger partial charge in [-0.05, 0) is 52.5 Å². The van der Waals surface area contributed by atoms with Crippen molar-refractivity contribution < 1.29 is 20.7 Å². The molecule has 1 unspecified atom stereocenters. The number of rotatable bonds is 4. The van der Waals surface area contributed by atoms with Crippen molar-refractivity contribution in [1.29, 1.82) is 0 Å². The molecule has 0 aliphatic carbocycles. The molecule has 0 heterocycles. The van der Waals surface area contributed by atoms with Crippen molar-refractivity contribution in [3.8, 4) is 0 Å². The number of hydrogen-bond donors (Lipinski definition) is 0. The summed E-state index contributed by atoms with van der Waals surface area (Å²) in [6.07, 6.45) is 0. The molecule has 1 aromatic carbocycles. The number of nitrogens with zero attached hydrogens (tertiary/aromatic N) is 1. The van der Waals surface area contributed by atoms with Gasteiger partial charge < -0.3 is 12.1 Å². The van der Waals surface area contributed by atoms with Gasteiger partial charge in [-0.25, -0.2) is 0 Å². The van der Waals surface area contributed by atoms with E-state index in [1.165, 1.54) is 0 Å². The van der Waals surface area contributed by atoms with E-state index in [2.05, 4.69) is 46.3 Å². The second-order valence-electron chi connectivity index (χ2n) is 6.87. The van der Waals surface area contributed by atoms with Crippen molar-refractivity contribution in [1.82, 2.24) is 0 Å². The summed E-state index contributed by atoms with van der Waals surface area (Å²) < 4.78 is 16.6. The molecule has 0 N–H and O–H groups in total. The standard InChI is InChI=1S/C15H25NOPS.CH3.Ni/c1-14(2,3)18(15(4,5)6)12-19(17)16-13-10-8-7-9-11-13;;/h7-11H,12H2,1-6H3;1H3;/q2*-1;+2/p+1. The Balaban J connectivity index is 0. The van der Waals surface area contributed by atoms with Crippen molar-refractivity contribution in [2.75, 3.05) is 5.49 Å². The third-order valence-corrected chi connectivity index (χ3v) is 9.22. The van der Waals surface area contributed by atoms with Gasteiger partial charge in [0.1, 0.15) is 5.49 Å². The molecule has 0 saturated heterocycles. The molecule has 0 bridgehead atoms. The molecule has 2 nitrogen and oxygen atoms in total. The molecule has 1 atom stereocenters. The third-order valence-electron chi connectivity index (χ3n) is 3.04. The van der Waals surface area contributed by atoms with Gasteiger partial charge in [-0.2, -0.15) is 0 Å². The average Bonchev–Trinajstić information content (AvgIpc) is 2.24. The maximum atomic E-state index is 12.3. The van der Waals surface area contributed by atoms with Gasteiger partial charge in [0.25, 0.3) is 0 Å². The summed E-state index contributed by atoms with van der Waals surface area (Å²) in [4.78, 5) is 0. The second kappa shape index (κ2) is 9.28. The molecule has 0 amide bonds. The fourth-order valence-electron chi connectivity index (χ4n) is 2.32. The van der Waals surface area contributed by atoms with Crippen LogP contribution in [-0.4, -0.2) is 20.0 Å². The molecule has 21 heavy (non-hydrogen) atoms. The molecule has 5 heteroatoms. The van der Waals surface area contributed by atoms with E-state index < -0.39 is 18.9 Å². The van der Waals surface area contributed by atoms with Crippen molar-refractivity contribution in [2.45, 2.75) is 51.9 Å². The molecule has 0 spiro atoms. The molecular weight excluding hydrogens is 344 g/mol. The van der Waals surface area contributed by atoms with Crippen molar-refractivity contribution >= 4 is 24.6 Å². The molecule has 1 rings (SSSR count). The van der Waals surface area contributed by atoms with Crippen molar-refractivity contribution in [3.05, 3.63) is 42.5 Å². The first-order valence-corrected chi connectivity index (χ1v) is 9.61. The second-order valence-corrected chi connectivity index (χ2v) is 12.8. The minimum atomic E-state index is -1.12. The van der Waals surface area contributed by atoms with Gasteiger partial charge in [0.2, 0.25) is 0 Å². The molecule has 1 aromatic rings. The fraction of sp³-hybridized carbons (Fsp3) is 0.562. The fourth-order valence-corrected chi connectivity index (χ4v) is 9.64. The Kier molecular flexibility index (Phi) is 10.3. The minimum absolute atomic E-state index is 0. The maximum absolute atomic E-state index is 12.3. The normalized spacial score (nSPS) is 13.1. The van der Waals surface area contributed by atoms with Crippen LogP contribution in [0.15, 0.2) is 30.3 Å². The number of hydrogen-bond acceptors (Lipinski definition) is 1. The van der Waals surface area contributed by atoms with E-state index in [0.717, 1.165) is 5.69 Å². The van der Waals surface area contributed by atoms with E-state index in [1.54, 1.807) is 0 Å².